The van der Waals surface area contributed by atoms with Crippen molar-refractivity contribution in [2.75, 3.05) is 100 Å². The number of anilines is 1. The molecule has 2 saturated heterocycles. The number of aliphatic hydroxyl groups excluding tert-OH is 1. The zero-order valence-corrected chi connectivity index (χ0v) is 68.2. The number of rotatable bonds is 45. The number of carbonyl (C=O) groups excluding carboxylic acids is 12. The van der Waals surface area contributed by atoms with Gasteiger partial charge in [0.25, 0.3) is 0 Å². The van der Waals surface area contributed by atoms with Gasteiger partial charge in [0.2, 0.25) is 47.8 Å². The predicted molar refractivity (Wildman–Crippen MR) is 402 cm³/mol. The zero-order chi connectivity index (χ0) is 83.7. The molecule has 4 rings (SSSR count). The van der Waals surface area contributed by atoms with Gasteiger partial charge in [-0.1, -0.05) is 85.2 Å². The molecule has 630 valence electrons. The summed E-state index contributed by atoms with van der Waals surface area (Å²) < 4.78 is 73.3. The van der Waals surface area contributed by atoms with Gasteiger partial charge in [0.05, 0.1) is 102 Å². The van der Waals surface area contributed by atoms with Crippen LogP contribution in [-0.2, 0) is 116 Å². The molecule has 0 bridgehead atoms. The van der Waals surface area contributed by atoms with Crippen molar-refractivity contribution in [2.45, 2.75) is 227 Å². The van der Waals surface area contributed by atoms with Crippen LogP contribution in [0.15, 0.2) is 48.5 Å². The highest BCUT2D eigenvalue weighted by Crippen LogP contribution is 2.35. The molecule has 15 atom stereocenters. The van der Waals surface area contributed by atoms with Crippen molar-refractivity contribution in [1.29, 1.82) is 0 Å². The molecule has 8 amide bonds. The number of hydroxylamine groups is 1. The van der Waals surface area contributed by atoms with E-state index < -0.39 is 169 Å². The van der Waals surface area contributed by atoms with Crippen molar-refractivity contribution in [2.24, 2.45) is 23.7 Å². The number of methoxy groups -OCH3 is 3. The maximum absolute atomic E-state index is 15.1. The minimum Gasteiger partial charge on any atom is -0.467 e. The monoisotopic (exact) mass is 1590 g/mol. The molecule has 112 heavy (non-hydrogen) atoms. The minimum atomic E-state index is -1.89. The molecule has 35 heteroatoms. The molecule has 0 radical (unpaired) electrons. The second kappa shape index (κ2) is 47.6. The largest absolute Gasteiger partial charge is 0.467 e. The van der Waals surface area contributed by atoms with Gasteiger partial charge < -0.3 is 97.8 Å². The van der Waals surface area contributed by atoms with E-state index in [-0.39, 0.29) is 107 Å². The van der Waals surface area contributed by atoms with E-state index >= 15 is 4.79 Å². The first-order valence-electron chi connectivity index (χ1n) is 37.7. The Morgan fingerprint density at radius 2 is 1.29 bits per heavy atom. The predicted octanol–water partition coefficient (Wildman–Crippen LogP) is 4.99. The van der Waals surface area contributed by atoms with Gasteiger partial charge in [0.15, 0.2) is 18.3 Å². The number of nitrogens with zero attached hydrogens (tertiary/aromatic N) is 3. The summed E-state index contributed by atoms with van der Waals surface area (Å²) in [7, 11) is 6.85. The Labute approximate surface area is 656 Å². The third-order valence-corrected chi connectivity index (χ3v) is 18.6. The molecule has 2 aliphatic heterocycles. The Morgan fingerprint density at radius 3 is 1.87 bits per heavy atom. The lowest BCUT2D eigenvalue weighted by atomic mass is 9.89. The molecule has 2 fully saturated rings. The summed E-state index contributed by atoms with van der Waals surface area (Å²) >= 11 is 0. The Bertz CT molecular complexity index is 3380. The lowest BCUT2D eigenvalue weighted by Gasteiger charge is -2.43. The van der Waals surface area contributed by atoms with Crippen molar-refractivity contribution in [3.05, 3.63) is 59.7 Å². The van der Waals surface area contributed by atoms with Crippen LogP contribution in [0.1, 0.15) is 153 Å². The topological polar surface area (TPSA) is 424 Å². The Balaban J connectivity index is 1.52. The Kier molecular flexibility index (Phi) is 40.6. The third-order valence-electron chi connectivity index (χ3n) is 18.6. The molecule has 5 unspecified atom stereocenters. The minimum absolute atomic E-state index is 0.0368. The van der Waals surface area contributed by atoms with Crippen LogP contribution in [0.3, 0.4) is 0 Å². The number of likely N-dealkylation sites (tertiary alicyclic amines) is 1. The van der Waals surface area contributed by atoms with E-state index in [1.807, 2.05) is 19.9 Å². The molecule has 2 aromatic carbocycles. The van der Waals surface area contributed by atoms with Crippen molar-refractivity contribution >= 4 is 77.2 Å². The second-order valence-electron chi connectivity index (χ2n) is 29.1. The number of esters is 4. The van der Waals surface area contributed by atoms with Crippen LogP contribution in [0.5, 0.6) is 5.75 Å². The Morgan fingerprint density at radius 1 is 0.696 bits per heavy atom. The molecule has 2 aliphatic rings. The van der Waals surface area contributed by atoms with Crippen LogP contribution in [0.2, 0.25) is 0 Å². The van der Waals surface area contributed by atoms with E-state index in [2.05, 4.69) is 26.7 Å². The first-order chi connectivity index (χ1) is 52.9. The SMILES string of the molecule is CC[C@H](C)[C@@H]([C@@H](CC(=O)N1CCC[C@H]1[C@H](OC)[C@@H](C)C(=O)N[C@H](C)[C@@H](O)c1ccccc1)OC)N(C)C(=O)[C@@H](NC(=O)[C@H](C(C)C)N(C)C(=O)OCc1cc(NC(=O)CCC(=O)NCCOCCOCCOCCONC(=O)OC(C)(C)C)ccc1OC1OC(C(=O)OC)C(OC(C)=O)C(OC(C)=O)C1OC(C)=O)C(C)C. The molecular weight excluding hydrogens is 1470 g/mol. The fourth-order valence-electron chi connectivity index (χ4n) is 13.0. The van der Waals surface area contributed by atoms with Gasteiger partial charge in [-0.3, -0.25) is 52.9 Å². The number of benzene rings is 2. The molecule has 2 aromatic rings. The van der Waals surface area contributed by atoms with Crippen LogP contribution in [0.25, 0.3) is 0 Å². The van der Waals surface area contributed by atoms with Gasteiger partial charge in [0, 0.05) is 86.3 Å². The number of nitrogens with one attached hydrogen (secondary N) is 5. The summed E-state index contributed by atoms with van der Waals surface area (Å²) in [4.78, 5) is 171. The van der Waals surface area contributed by atoms with Gasteiger partial charge in [-0.05, 0) is 82.1 Å². The molecule has 0 saturated carbocycles. The highest BCUT2D eigenvalue weighted by atomic mass is 16.7. The summed E-state index contributed by atoms with van der Waals surface area (Å²) in [5.41, 5.74) is 2.17. The summed E-state index contributed by atoms with van der Waals surface area (Å²) in [5, 5.41) is 22.2. The number of aliphatic hydroxyl groups is 1. The molecule has 35 nitrogen and oxygen atoms in total. The molecule has 0 spiro atoms. The quantitative estimate of drug-likeness (QED) is 0.0220. The fraction of sp³-hybridized carbons (Fsp3) is 0.688. The standard InChI is InChI=1S/C77H120N8O27/c1-20-46(6)63(57(99-17)42-60(91)85-33-24-27-55(85)65(100-18)47(7)70(93)79-48(8)64(92)52-25-22-21-23-26-52)83(15)72(95)61(44(2)3)81-71(94)62(45(4)5)84(16)76(98)105-43-53-41-54(28-29-56(53)110-74-69(109-51(11)88)67(108-50(10)87)66(107-49(9)86)68(111-74)73(96)101-19)80-59(90)31-30-58(89)78-32-34-102-35-36-103-37-38-104-39-40-106-82-75(97)112-77(12,13)14/h21-23,25-26,28-29,41,44-48,55,57,61-69,74,92H,20,24,27,30-40,42-43H2,1-19H3,(H,78,89)(H,79,93)(H,80,90)(H,81,94)(H,82,97)/t46-,47+,48+,55-,57+,61-,62-,63-,64+,65+,66?,67?,68?,69?,74?/m0/s1. The molecule has 0 aliphatic carbocycles. The number of hydrogen-bond donors (Lipinski definition) is 6. The normalized spacial score (nSPS) is 19.3. The maximum atomic E-state index is 15.1. The lowest BCUT2D eigenvalue weighted by molar-refractivity contribution is -0.282. The van der Waals surface area contributed by atoms with E-state index in [1.165, 1.54) is 44.4 Å². The number of amides is 8. The van der Waals surface area contributed by atoms with Crippen LogP contribution in [-0.4, -0.2) is 265 Å². The molecular formula is C77H120N8O27. The summed E-state index contributed by atoms with van der Waals surface area (Å²) in [5.74, 6) is -9.37. The van der Waals surface area contributed by atoms with Gasteiger partial charge in [-0.2, -0.15) is 5.48 Å². The van der Waals surface area contributed by atoms with E-state index in [9.17, 15) is 57.8 Å². The number of carbonyl (C=O) groups is 12. The number of hydrogen-bond acceptors (Lipinski definition) is 27. The highest BCUT2D eigenvalue weighted by Gasteiger charge is 2.56. The highest BCUT2D eigenvalue weighted by molar-refractivity contribution is 5.94. The van der Waals surface area contributed by atoms with Crippen LogP contribution in [0.4, 0.5) is 15.3 Å². The number of ether oxygens (including phenoxy) is 13. The van der Waals surface area contributed by atoms with Crippen molar-refractivity contribution in [3.8, 4) is 5.75 Å². The van der Waals surface area contributed by atoms with Crippen molar-refractivity contribution < 1.29 is 129 Å². The number of likely N-dealkylation sites (N-methyl/N-ethyl adjacent to an activating group) is 2. The van der Waals surface area contributed by atoms with Gasteiger partial charge in [0.1, 0.15) is 30.0 Å². The molecule has 0 aromatic heterocycles. The summed E-state index contributed by atoms with van der Waals surface area (Å²) in [6.07, 6.45) is -12.4. The summed E-state index contributed by atoms with van der Waals surface area (Å²) in [6, 6.07) is 8.60. The van der Waals surface area contributed by atoms with Gasteiger partial charge in [-0.25, -0.2) is 14.4 Å². The average Bonchev–Trinajstić information content (AvgIpc) is 0.911. The third kappa shape index (κ3) is 30.6. The maximum Gasteiger partial charge on any atom is 0.431 e. The second-order valence-corrected chi connectivity index (χ2v) is 29.1. The van der Waals surface area contributed by atoms with Crippen LogP contribution < -0.4 is 31.5 Å². The van der Waals surface area contributed by atoms with E-state index in [1.54, 1.807) is 98.5 Å². The van der Waals surface area contributed by atoms with Crippen molar-refractivity contribution in [1.82, 2.24) is 36.1 Å². The smallest absolute Gasteiger partial charge is 0.431 e. The lowest BCUT2D eigenvalue weighted by Crippen LogP contribution is -2.64. The first kappa shape index (κ1) is 95.5. The van der Waals surface area contributed by atoms with Crippen LogP contribution >= 0.6 is 0 Å². The van der Waals surface area contributed by atoms with Gasteiger partial charge in [-0.15, -0.1) is 0 Å². The van der Waals surface area contributed by atoms with Crippen LogP contribution in [0, 0.1) is 23.7 Å². The van der Waals surface area contributed by atoms with E-state index in [0.29, 0.717) is 31.4 Å². The molecule has 6 N–H and O–H groups in total. The zero-order valence-electron chi connectivity index (χ0n) is 68.2. The molecule has 2 heterocycles. The van der Waals surface area contributed by atoms with Crippen molar-refractivity contribution in [3.63, 3.8) is 0 Å². The van der Waals surface area contributed by atoms with E-state index in [4.69, 9.17) is 66.4 Å². The first-order valence-corrected chi connectivity index (χ1v) is 37.7. The fourth-order valence-corrected chi connectivity index (χ4v) is 13.0. The van der Waals surface area contributed by atoms with E-state index in [0.717, 1.165) is 32.8 Å². The average molecular weight is 1590 g/mol. The Hall–Kier alpha value is -8.84. The summed E-state index contributed by atoms with van der Waals surface area (Å²) in [6.45, 7) is 23.5. The van der Waals surface area contributed by atoms with Gasteiger partial charge >= 0.3 is 36.1 Å².